The van der Waals surface area contributed by atoms with Gasteiger partial charge in [-0.05, 0) is 30.5 Å². The molecule has 0 atom stereocenters. The van der Waals surface area contributed by atoms with E-state index in [1.807, 2.05) is 0 Å². The molecule has 0 aliphatic carbocycles. The van der Waals surface area contributed by atoms with Gasteiger partial charge in [-0.15, -0.1) is 0 Å². The first kappa shape index (κ1) is 16.1. The van der Waals surface area contributed by atoms with E-state index in [0.29, 0.717) is 12.1 Å². The number of aliphatic hydroxyl groups excluding tert-OH is 1. The van der Waals surface area contributed by atoms with Gasteiger partial charge in [-0.3, -0.25) is 0 Å². The van der Waals surface area contributed by atoms with Crippen molar-refractivity contribution in [3.05, 3.63) is 35.6 Å². The van der Waals surface area contributed by atoms with Crippen LogP contribution in [0.5, 0.6) is 0 Å². The number of halogens is 1. The van der Waals surface area contributed by atoms with Crippen molar-refractivity contribution in [1.29, 1.82) is 0 Å². The van der Waals surface area contributed by atoms with Crippen LogP contribution in [0.4, 0.5) is 4.39 Å². The molecule has 0 bridgehead atoms. The largest absolute Gasteiger partial charge is 0.396 e. The minimum atomic E-state index is -3.36. The lowest BCUT2D eigenvalue weighted by Crippen LogP contribution is -2.26. The molecule has 0 unspecified atom stereocenters. The van der Waals surface area contributed by atoms with Gasteiger partial charge in [0.1, 0.15) is 5.82 Å². The van der Waals surface area contributed by atoms with Crippen LogP contribution in [-0.2, 0) is 15.8 Å². The van der Waals surface area contributed by atoms with Gasteiger partial charge >= 0.3 is 0 Å². The van der Waals surface area contributed by atoms with Crippen molar-refractivity contribution in [2.24, 2.45) is 0 Å². The molecule has 0 heterocycles. The van der Waals surface area contributed by atoms with Gasteiger partial charge in [-0.2, -0.15) is 0 Å². The zero-order valence-electron chi connectivity index (χ0n) is 10.8. The van der Waals surface area contributed by atoms with Crippen molar-refractivity contribution in [3.63, 3.8) is 0 Å². The van der Waals surface area contributed by atoms with Gasteiger partial charge < -0.3 is 5.11 Å². The van der Waals surface area contributed by atoms with E-state index in [9.17, 15) is 12.8 Å². The van der Waals surface area contributed by atoms with E-state index in [2.05, 4.69) is 4.72 Å². The normalized spacial score (nSPS) is 11.7. The molecule has 0 fully saturated rings. The predicted octanol–water partition coefficient (Wildman–Crippen LogP) is 1.80. The van der Waals surface area contributed by atoms with Crippen LogP contribution in [0.3, 0.4) is 0 Å². The highest BCUT2D eigenvalue weighted by atomic mass is 32.2. The Morgan fingerprint density at radius 3 is 2.32 bits per heavy atom. The van der Waals surface area contributed by atoms with Gasteiger partial charge in [-0.1, -0.05) is 25.0 Å². The zero-order chi connectivity index (χ0) is 14.1. The molecule has 0 saturated carbocycles. The number of benzene rings is 1. The van der Waals surface area contributed by atoms with Gasteiger partial charge in [-0.25, -0.2) is 17.5 Å². The molecule has 0 aliphatic rings. The van der Waals surface area contributed by atoms with Crippen LogP contribution in [0.2, 0.25) is 0 Å². The van der Waals surface area contributed by atoms with Crippen molar-refractivity contribution >= 4 is 10.0 Å². The molecular weight excluding hydrogens is 269 g/mol. The van der Waals surface area contributed by atoms with E-state index in [-0.39, 0.29) is 18.2 Å². The van der Waals surface area contributed by atoms with Crippen LogP contribution in [0, 0.1) is 5.82 Å². The third kappa shape index (κ3) is 7.25. The van der Waals surface area contributed by atoms with E-state index in [0.717, 1.165) is 25.7 Å². The highest BCUT2D eigenvalue weighted by molar-refractivity contribution is 7.88. The Morgan fingerprint density at radius 1 is 1.05 bits per heavy atom. The predicted molar refractivity (Wildman–Crippen MR) is 72.6 cm³/mol. The Hall–Kier alpha value is -0.980. The smallest absolute Gasteiger partial charge is 0.215 e. The molecule has 2 N–H and O–H groups in total. The Labute approximate surface area is 113 Å². The molecule has 0 aromatic heterocycles. The Morgan fingerprint density at radius 2 is 1.68 bits per heavy atom. The molecule has 1 aromatic rings. The topological polar surface area (TPSA) is 66.4 Å². The molecule has 0 radical (unpaired) electrons. The van der Waals surface area contributed by atoms with Crippen molar-refractivity contribution in [3.8, 4) is 0 Å². The number of rotatable bonds is 9. The maximum Gasteiger partial charge on any atom is 0.215 e. The number of nitrogens with one attached hydrogen (secondary N) is 1. The number of unbranched alkanes of at least 4 members (excludes halogenated alkanes) is 3. The lowest BCUT2D eigenvalue weighted by atomic mass is 10.2. The number of hydrogen-bond acceptors (Lipinski definition) is 3. The number of sulfonamides is 1. The van der Waals surface area contributed by atoms with E-state index in [1.54, 1.807) is 0 Å². The second kappa shape index (κ2) is 8.24. The molecule has 1 rings (SSSR count). The molecule has 6 heteroatoms. The molecular formula is C13H20FNO3S. The SMILES string of the molecule is O=S(=O)(Cc1ccc(F)cc1)NCCCCCCO. The Kier molecular flexibility index (Phi) is 6.97. The summed E-state index contributed by atoms with van der Waals surface area (Å²) in [6.07, 6.45) is 3.29. The summed E-state index contributed by atoms with van der Waals surface area (Å²) in [7, 11) is -3.36. The summed E-state index contributed by atoms with van der Waals surface area (Å²) in [6, 6.07) is 5.44. The second-order valence-corrected chi connectivity index (χ2v) is 6.22. The van der Waals surface area contributed by atoms with Crippen LogP contribution in [0.1, 0.15) is 31.2 Å². The zero-order valence-corrected chi connectivity index (χ0v) is 11.6. The van der Waals surface area contributed by atoms with Gasteiger partial charge in [0.25, 0.3) is 0 Å². The average Bonchev–Trinajstić information content (AvgIpc) is 2.36. The highest BCUT2D eigenvalue weighted by Crippen LogP contribution is 2.07. The minimum absolute atomic E-state index is 0.135. The van der Waals surface area contributed by atoms with Crippen LogP contribution < -0.4 is 4.72 Å². The van der Waals surface area contributed by atoms with Crippen LogP contribution >= 0.6 is 0 Å². The summed E-state index contributed by atoms with van der Waals surface area (Å²) in [6.45, 7) is 0.575. The summed E-state index contributed by atoms with van der Waals surface area (Å²) < 4.78 is 38.7. The fourth-order valence-electron chi connectivity index (χ4n) is 1.67. The number of hydrogen-bond donors (Lipinski definition) is 2. The summed E-state index contributed by atoms with van der Waals surface area (Å²) >= 11 is 0. The quantitative estimate of drug-likeness (QED) is 0.681. The first-order chi connectivity index (χ1) is 9.03. The maximum absolute atomic E-state index is 12.7. The van der Waals surface area contributed by atoms with E-state index < -0.39 is 10.0 Å². The molecule has 0 spiro atoms. The van der Waals surface area contributed by atoms with Gasteiger partial charge in [0.2, 0.25) is 10.0 Å². The summed E-state index contributed by atoms with van der Waals surface area (Å²) in [4.78, 5) is 0. The van der Waals surface area contributed by atoms with Gasteiger partial charge in [0.05, 0.1) is 5.75 Å². The molecule has 0 amide bonds. The second-order valence-electron chi connectivity index (χ2n) is 4.42. The molecule has 0 saturated heterocycles. The van der Waals surface area contributed by atoms with Gasteiger partial charge in [0.15, 0.2) is 0 Å². The molecule has 19 heavy (non-hydrogen) atoms. The molecule has 1 aromatic carbocycles. The van der Waals surface area contributed by atoms with Crippen molar-refractivity contribution in [2.45, 2.75) is 31.4 Å². The molecule has 108 valence electrons. The standard InChI is InChI=1S/C13H20FNO3S/c14-13-7-5-12(6-8-13)11-19(17,18)15-9-3-1-2-4-10-16/h5-8,15-16H,1-4,9-11H2. The van der Waals surface area contributed by atoms with E-state index >= 15 is 0 Å². The third-order valence-electron chi connectivity index (χ3n) is 2.68. The fourth-order valence-corrected chi connectivity index (χ4v) is 2.86. The first-order valence-electron chi connectivity index (χ1n) is 6.36. The van der Waals surface area contributed by atoms with Crippen LogP contribution in [0.15, 0.2) is 24.3 Å². The highest BCUT2D eigenvalue weighted by Gasteiger charge is 2.10. The first-order valence-corrected chi connectivity index (χ1v) is 8.01. The van der Waals surface area contributed by atoms with E-state index in [1.165, 1.54) is 24.3 Å². The third-order valence-corrected chi connectivity index (χ3v) is 4.03. The Bertz CT molecular complexity index is 459. The lowest BCUT2D eigenvalue weighted by molar-refractivity contribution is 0.282. The Balaban J connectivity index is 2.30. The number of aliphatic hydroxyl groups is 1. The van der Waals surface area contributed by atoms with Crippen molar-refractivity contribution < 1.29 is 17.9 Å². The minimum Gasteiger partial charge on any atom is -0.396 e. The molecule has 4 nitrogen and oxygen atoms in total. The van der Waals surface area contributed by atoms with E-state index in [4.69, 9.17) is 5.11 Å². The van der Waals surface area contributed by atoms with Crippen molar-refractivity contribution in [2.75, 3.05) is 13.2 Å². The fraction of sp³-hybridized carbons (Fsp3) is 0.538. The maximum atomic E-state index is 12.7. The van der Waals surface area contributed by atoms with Gasteiger partial charge in [0, 0.05) is 13.2 Å². The summed E-state index contributed by atoms with van der Waals surface area (Å²) in [5, 5.41) is 8.60. The lowest BCUT2D eigenvalue weighted by Gasteiger charge is -2.06. The van der Waals surface area contributed by atoms with Crippen molar-refractivity contribution in [1.82, 2.24) is 4.72 Å². The van der Waals surface area contributed by atoms with Crippen LogP contribution in [-0.4, -0.2) is 26.7 Å². The average molecular weight is 289 g/mol. The monoisotopic (exact) mass is 289 g/mol. The van der Waals surface area contributed by atoms with Crippen LogP contribution in [0.25, 0.3) is 0 Å². The summed E-state index contributed by atoms with van der Waals surface area (Å²) in [5.41, 5.74) is 0.564. The molecule has 0 aliphatic heterocycles. The summed E-state index contributed by atoms with van der Waals surface area (Å²) in [5.74, 6) is -0.512.